The van der Waals surface area contributed by atoms with Crippen molar-refractivity contribution < 1.29 is 5.11 Å². The molecule has 1 nitrogen and oxygen atoms in total. The van der Waals surface area contributed by atoms with Crippen LogP contribution < -0.4 is 0 Å². The summed E-state index contributed by atoms with van der Waals surface area (Å²) in [5.41, 5.74) is 0. The maximum absolute atomic E-state index is 9.02. The first-order chi connectivity index (χ1) is 5.81. The Morgan fingerprint density at radius 1 is 1.17 bits per heavy atom. The molecule has 70 valence electrons. The molecule has 0 saturated heterocycles. The summed E-state index contributed by atoms with van der Waals surface area (Å²) in [6.07, 6.45) is 12.8. The predicted octanol–water partition coefficient (Wildman–Crippen LogP) is 2.73. The van der Waals surface area contributed by atoms with Gasteiger partial charge in [0.05, 0.1) is 0 Å². The summed E-state index contributed by atoms with van der Waals surface area (Å²) >= 11 is 0. The van der Waals surface area contributed by atoms with Gasteiger partial charge in [0.15, 0.2) is 0 Å². The molecule has 0 aromatic carbocycles. The Bertz CT molecular complexity index is 123. The van der Waals surface area contributed by atoms with E-state index in [0.717, 1.165) is 12.8 Å². The molecule has 0 bridgehead atoms. The minimum atomic E-state index is -0.517. The molecule has 1 N–H and O–H groups in total. The van der Waals surface area contributed by atoms with E-state index >= 15 is 0 Å². The Morgan fingerprint density at radius 3 is 2.33 bits per heavy atom. The van der Waals surface area contributed by atoms with E-state index in [0.29, 0.717) is 0 Å². The van der Waals surface area contributed by atoms with Crippen LogP contribution in [0.2, 0.25) is 0 Å². The summed E-state index contributed by atoms with van der Waals surface area (Å²) < 4.78 is 0. The fraction of sp³-hybridized carbons (Fsp3) is 0.818. The van der Waals surface area contributed by atoms with Crippen molar-refractivity contribution >= 4 is 0 Å². The molecule has 12 heavy (non-hydrogen) atoms. The van der Waals surface area contributed by atoms with Crippen LogP contribution in [0.4, 0.5) is 0 Å². The SMILES string of the molecule is C#CC(O)CCCCCCCC. The summed E-state index contributed by atoms with van der Waals surface area (Å²) in [4.78, 5) is 0. The van der Waals surface area contributed by atoms with Gasteiger partial charge in [0.25, 0.3) is 0 Å². The van der Waals surface area contributed by atoms with E-state index in [1.165, 1.54) is 32.1 Å². The van der Waals surface area contributed by atoms with Crippen LogP contribution in [-0.2, 0) is 0 Å². The molecule has 0 saturated carbocycles. The Hall–Kier alpha value is -0.480. The van der Waals surface area contributed by atoms with E-state index in [4.69, 9.17) is 11.5 Å². The highest BCUT2D eigenvalue weighted by molar-refractivity contribution is 4.92. The highest BCUT2D eigenvalue weighted by Crippen LogP contribution is 2.07. The largest absolute Gasteiger partial charge is 0.380 e. The maximum atomic E-state index is 9.02. The van der Waals surface area contributed by atoms with Gasteiger partial charge < -0.3 is 5.11 Å². The average molecular weight is 168 g/mol. The molecule has 0 aliphatic heterocycles. The van der Waals surface area contributed by atoms with Gasteiger partial charge in [-0.3, -0.25) is 0 Å². The van der Waals surface area contributed by atoms with Crippen LogP contribution in [0.15, 0.2) is 0 Å². The minimum Gasteiger partial charge on any atom is -0.380 e. The second-order valence-electron chi connectivity index (χ2n) is 3.24. The fourth-order valence-electron chi connectivity index (χ4n) is 1.20. The molecule has 0 aromatic rings. The third-order valence-electron chi connectivity index (χ3n) is 2.02. The molecular weight excluding hydrogens is 148 g/mol. The lowest BCUT2D eigenvalue weighted by Gasteiger charge is -2.02. The minimum absolute atomic E-state index is 0.517. The first kappa shape index (κ1) is 11.5. The van der Waals surface area contributed by atoms with E-state index in [1.54, 1.807) is 0 Å². The lowest BCUT2D eigenvalue weighted by atomic mass is 10.1. The molecule has 0 aromatic heterocycles. The number of terminal acetylenes is 1. The Labute approximate surface area is 76.2 Å². The van der Waals surface area contributed by atoms with Crippen molar-refractivity contribution in [3.63, 3.8) is 0 Å². The van der Waals surface area contributed by atoms with Crippen molar-refractivity contribution in [1.29, 1.82) is 0 Å². The predicted molar refractivity (Wildman–Crippen MR) is 52.8 cm³/mol. The molecule has 1 atom stereocenters. The van der Waals surface area contributed by atoms with Crippen molar-refractivity contribution in [2.24, 2.45) is 0 Å². The summed E-state index contributed by atoms with van der Waals surface area (Å²) in [7, 11) is 0. The van der Waals surface area contributed by atoms with Gasteiger partial charge in [0, 0.05) is 0 Å². The Morgan fingerprint density at radius 2 is 1.75 bits per heavy atom. The number of rotatable bonds is 7. The molecule has 0 radical (unpaired) electrons. The summed E-state index contributed by atoms with van der Waals surface area (Å²) in [5.74, 6) is 2.32. The highest BCUT2D eigenvalue weighted by Gasteiger charge is 1.97. The first-order valence-electron chi connectivity index (χ1n) is 4.95. The fourth-order valence-corrected chi connectivity index (χ4v) is 1.20. The van der Waals surface area contributed by atoms with Gasteiger partial charge in [-0.25, -0.2) is 0 Å². The smallest absolute Gasteiger partial charge is 0.114 e. The van der Waals surface area contributed by atoms with Gasteiger partial charge in [0.1, 0.15) is 6.10 Å². The van der Waals surface area contributed by atoms with Crippen LogP contribution in [0.5, 0.6) is 0 Å². The lowest BCUT2D eigenvalue weighted by Crippen LogP contribution is -2.01. The molecule has 0 aliphatic rings. The molecule has 0 aliphatic carbocycles. The standard InChI is InChI=1S/C11H20O/c1-3-5-6-7-8-9-10-11(12)4-2/h2,11-12H,3,5-10H2,1H3. The monoisotopic (exact) mass is 168 g/mol. The van der Waals surface area contributed by atoms with Crippen LogP contribution in [-0.4, -0.2) is 11.2 Å². The molecule has 1 unspecified atom stereocenters. The molecule has 0 heterocycles. The quantitative estimate of drug-likeness (QED) is 0.458. The Kier molecular flexibility index (Phi) is 8.27. The van der Waals surface area contributed by atoms with Gasteiger partial charge in [-0.1, -0.05) is 44.9 Å². The second-order valence-corrected chi connectivity index (χ2v) is 3.24. The first-order valence-corrected chi connectivity index (χ1v) is 4.95. The van der Waals surface area contributed by atoms with Gasteiger partial charge in [0.2, 0.25) is 0 Å². The molecule has 0 amide bonds. The highest BCUT2D eigenvalue weighted by atomic mass is 16.3. The zero-order chi connectivity index (χ0) is 9.23. The molecule has 0 rings (SSSR count). The average Bonchev–Trinajstić information content (AvgIpc) is 2.10. The number of hydrogen-bond acceptors (Lipinski definition) is 1. The lowest BCUT2D eigenvalue weighted by molar-refractivity contribution is 0.217. The van der Waals surface area contributed by atoms with Crippen molar-refractivity contribution in [1.82, 2.24) is 0 Å². The van der Waals surface area contributed by atoms with Crippen LogP contribution in [0.3, 0.4) is 0 Å². The van der Waals surface area contributed by atoms with Gasteiger partial charge in [-0.15, -0.1) is 6.42 Å². The summed E-state index contributed by atoms with van der Waals surface area (Å²) in [6, 6.07) is 0. The van der Waals surface area contributed by atoms with Gasteiger partial charge in [-0.05, 0) is 12.8 Å². The van der Waals surface area contributed by atoms with E-state index in [9.17, 15) is 0 Å². The van der Waals surface area contributed by atoms with Crippen molar-refractivity contribution in [3.05, 3.63) is 0 Å². The van der Waals surface area contributed by atoms with Crippen molar-refractivity contribution in [2.75, 3.05) is 0 Å². The van der Waals surface area contributed by atoms with Crippen molar-refractivity contribution in [2.45, 2.75) is 58.0 Å². The molecule has 0 spiro atoms. The van der Waals surface area contributed by atoms with Gasteiger partial charge >= 0.3 is 0 Å². The maximum Gasteiger partial charge on any atom is 0.114 e. The van der Waals surface area contributed by atoms with Crippen LogP contribution >= 0.6 is 0 Å². The van der Waals surface area contributed by atoms with Crippen LogP contribution in [0.1, 0.15) is 51.9 Å². The van der Waals surface area contributed by atoms with E-state index in [-0.39, 0.29) is 0 Å². The van der Waals surface area contributed by atoms with Crippen LogP contribution in [0, 0.1) is 12.3 Å². The number of hydrogen-bond donors (Lipinski definition) is 1. The zero-order valence-electron chi connectivity index (χ0n) is 8.05. The van der Waals surface area contributed by atoms with E-state index in [1.807, 2.05) is 0 Å². The number of aliphatic hydroxyl groups excluding tert-OH is 1. The molecular formula is C11H20O. The molecule has 1 heteroatoms. The normalized spacial score (nSPS) is 12.4. The third kappa shape index (κ3) is 7.63. The topological polar surface area (TPSA) is 20.2 Å². The summed E-state index contributed by atoms with van der Waals surface area (Å²) in [6.45, 7) is 2.21. The number of aliphatic hydroxyl groups is 1. The van der Waals surface area contributed by atoms with Crippen molar-refractivity contribution in [3.8, 4) is 12.3 Å². The van der Waals surface area contributed by atoms with E-state index < -0.39 is 6.10 Å². The third-order valence-corrected chi connectivity index (χ3v) is 2.02. The number of unbranched alkanes of at least 4 members (excludes halogenated alkanes) is 5. The van der Waals surface area contributed by atoms with Crippen LogP contribution in [0.25, 0.3) is 0 Å². The summed E-state index contributed by atoms with van der Waals surface area (Å²) in [5, 5.41) is 9.02. The zero-order valence-corrected chi connectivity index (χ0v) is 8.05. The van der Waals surface area contributed by atoms with E-state index in [2.05, 4.69) is 12.8 Å². The second kappa shape index (κ2) is 8.62. The molecule has 0 fully saturated rings. The van der Waals surface area contributed by atoms with Gasteiger partial charge in [-0.2, -0.15) is 0 Å². The Balaban J connectivity index is 2.96.